The number of anilines is 2. The SMILES string of the molecule is CC(C)NC(=O)C=C1c2ccccc2N(C2C=CC(C(=O)Nc3ccccc3)=C(n3ccnc3)C2=C=O)CCC1(F)F. The van der Waals surface area contributed by atoms with Gasteiger partial charge >= 0.3 is 0 Å². The van der Waals surface area contributed by atoms with Crippen molar-refractivity contribution in [3.05, 3.63) is 108 Å². The van der Waals surface area contributed by atoms with Crippen LogP contribution in [0.2, 0.25) is 0 Å². The second-order valence-electron chi connectivity index (χ2n) is 10.3. The van der Waals surface area contributed by atoms with Crippen molar-refractivity contribution in [3.63, 3.8) is 0 Å². The Kier molecular flexibility index (Phi) is 7.99. The molecule has 42 heavy (non-hydrogen) atoms. The van der Waals surface area contributed by atoms with Crippen LogP contribution in [0.4, 0.5) is 20.2 Å². The van der Waals surface area contributed by atoms with Gasteiger partial charge in [-0.15, -0.1) is 0 Å². The van der Waals surface area contributed by atoms with E-state index in [-0.39, 0.29) is 35.0 Å². The van der Waals surface area contributed by atoms with E-state index in [2.05, 4.69) is 15.6 Å². The number of carbonyl (C=O) groups excluding carboxylic acids is 3. The smallest absolute Gasteiger partial charge is 0.275 e. The van der Waals surface area contributed by atoms with Crippen LogP contribution >= 0.6 is 0 Å². The number of hydrogen-bond donors (Lipinski definition) is 2. The first-order valence-corrected chi connectivity index (χ1v) is 13.5. The van der Waals surface area contributed by atoms with Crippen LogP contribution in [0.5, 0.6) is 0 Å². The molecule has 2 aliphatic rings. The van der Waals surface area contributed by atoms with Crippen LogP contribution in [0, 0.1) is 0 Å². The van der Waals surface area contributed by atoms with Crippen LogP contribution in [0.1, 0.15) is 25.8 Å². The minimum Gasteiger partial charge on any atom is -0.359 e. The van der Waals surface area contributed by atoms with Gasteiger partial charge < -0.3 is 20.1 Å². The maximum absolute atomic E-state index is 15.6. The first-order valence-electron chi connectivity index (χ1n) is 13.5. The van der Waals surface area contributed by atoms with Crippen LogP contribution in [0.25, 0.3) is 11.3 Å². The van der Waals surface area contributed by atoms with Crippen LogP contribution in [-0.2, 0) is 14.4 Å². The lowest BCUT2D eigenvalue weighted by Crippen LogP contribution is -2.40. The van der Waals surface area contributed by atoms with Gasteiger partial charge in [-0.2, -0.15) is 0 Å². The largest absolute Gasteiger partial charge is 0.359 e. The number of nitrogens with zero attached hydrogens (tertiary/aromatic N) is 3. The summed E-state index contributed by atoms with van der Waals surface area (Å²) in [6.45, 7) is 3.36. The average molecular weight is 570 g/mol. The maximum Gasteiger partial charge on any atom is 0.275 e. The van der Waals surface area contributed by atoms with Crippen molar-refractivity contribution < 1.29 is 23.2 Å². The molecule has 214 valence electrons. The number of halogens is 2. The molecule has 1 aliphatic carbocycles. The number of alkyl halides is 2. The first kappa shape index (κ1) is 28.4. The van der Waals surface area contributed by atoms with Gasteiger partial charge in [-0.3, -0.25) is 9.59 Å². The van der Waals surface area contributed by atoms with E-state index in [1.807, 2.05) is 12.0 Å². The molecular formula is C32H29F2N5O3. The van der Waals surface area contributed by atoms with Crippen molar-refractivity contribution >= 4 is 40.4 Å². The summed E-state index contributed by atoms with van der Waals surface area (Å²) >= 11 is 0. The Morgan fingerprint density at radius 1 is 1.12 bits per heavy atom. The number of benzene rings is 2. The number of hydrogen-bond acceptors (Lipinski definition) is 5. The predicted octanol–water partition coefficient (Wildman–Crippen LogP) is 4.88. The van der Waals surface area contributed by atoms with Crippen molar-refractivity contribution in [3.8, 4) is 0 Å². The Bertz CT molecular complexity index is 1640. The molecule has 2 N–H and O–H groups in total. The lowest BCUT2D eigenvalue weighted by molar-refractivity contribution is -0.117. The molecule has 10 heteroatoms. The molecule has 3 aromatic rings. The van der Waals surface area contributed by atoms with Gasteiger partial charge in [0.1, 0.15) is 5.94 Å². The van der Waals surface area contributed by atoms with E-state index in [4.69, 9.17) is 0 Å². The molecule has 0 spiro atoms. The van der Waals surface area contributed by atoms with E-state index in [1.54, 1.807) is 79.6 Å². The van der Waals surface area contributed by atoms with Crippen molar-refractivity contribution in [2.45, 2.75) is 38.3 Å². The summed E-state index contributed by atoms with van der Waals surface area (Å²) in [4.78, 5) is 44.4. The lowest BCUT2D eigenvalue weighted by Gasteiger charge is -2.35. The van der Waals surface area contributed by atoms with Crippen molar-refractivity contribution in [1.82, 2.24) is 14.9 Å². The Balaban J connectivity index is 1.59. The molecule has 2 heterocycles. The van der Waals surface area contributed by atoms with Gasteiger partial charge in [0.2, 0.25) is 5.91 Å². The molecule has 1 aromatic heterocycles. The first-order chi connectivity index (χ1) is 20.2. The highest BCUT2D eigenvalue weighted by Crippen LogP contribution is 2.45. The van der Waals surface area contributed by atoms with Gasteiger partial charge in [-0.05, 0) is 38.1 Å². The predicted molar refractivity (Wildman–Crippen MR) is 157 cm³/mol. The molecule has 0 saturated carbocycles. The molecule has 0 radical (unpaired) electrons. The fraction of sp³-hybridized carbons (Fsp3) is 0.219. The van der Waals surface area contributed by atoms with E-state index in [0.29, 0.717) is 11.4 Å². The number of aromatic nitrogens is 2. The van der Waals surface area contributed by atoms with E-state index in [1.165, 1.54) is 23.2 Å². The molecule has 0 saturated heterocycles. The molecule has 1 atom stereocenters. The number of para-hydroxylation sites is 2. The number of imidazole rings is 1. The van der Waals surface area contributed by atoms with Crippen molar-refractivity contribution in [1.29, 1.82) is 0 Å². The molecule has 1 unspecified atom stereocenters. The maximum atomic E-state index is 15.6. The van der Waals surface area contributed by atoms with Gasteiger partial charge in [-0.25, -0.2) is 18.6 Å². The van der Waals surface area contributed by atoms with Gasteiger partial charge in [0.05, 0.1) is 29.2 Å². The zero-order valence-electron chi connectivity index (χ0n) is 23.1. The van der Waals surface area contributed by atoms with Gasteiger partial charge in [0, 0.05) is 60.0 Å². The molecule has 1 aliphatic heterocycles. The van der Waals surface area contributed by atoms with E-state index in [9.17, 15) is 14.4 Å². The molecule has 0 fully saturated rings. The van der Waals surface area contributed by atoms with Gasteiger partial charge in [0.25, 0.3) is 11.8 Å². The minimum absolute atomic E-state index is 0.0804. The third kappa shape index (κ3) is 5.70. The zero-order valence-corrected chi connectivity index (χ0v) is 23.1. The summed E-state index contributed by atoms with van der Waals surface area (Å²) in [5.41, 5.74) is 1.27. The van der Waals surface area contributed by atoms with Crippen LogP contribution < -0.4 is 15.5 Å². The fourth-order valence-electron chi connectivity index (χ4n) is 5.18. The molecule has 2 aromatic carbocycles. The third-order valence-corrected chi connectivity index (χ3v) is 7.01. The monoisotopic (exact) mass is 569 g/mol. The number of allylic oxidation sites excluding steroid dienone is 1. The Morgan fingerprint density at radius 2 is 1.86 bits per heavy atom. The molecule has 0 bridgehead atoms. The molecule has 5 rings (SSSR count). The summed E-state index contributed by atoms with van der Waals surface area (Å²) in [5, 5.41) is 5.48. The summed E-state index contributed by atoms with van der Waals surface area (Å²) in [5.74, 6) is -2.41. The van der Waals surface area contributed by atoms with Gasteiger partial charge in [0.15, 0.2) is 0 Å². The minimum atomic E-state index is -3.33. The van der Waals surface area contributed by atoms with Crippen molar-refractivity contribution in [2.75, 3.05) is 16.8 Å². The highest BCUT2D eigenvalue weighted by molar-refractivity contribution is 6.13. The van der Waals surface area contributed by atoms with E-state index in [0.717, 1.165) is 6.08 Å². The van der Waals surface area contributed by atoms with E-state index >= 15 is 8.78 Å². The second-order valence-corrected chi connectivity index (χ2v) is 10.3. The van der Waals surface area contributed by atoms with Crippen LogP contribution in [0.15, 0.2) is 103 Å². The van der Waals surface area contributed by atoms with Crippen LogP contribution in [-0.4, -0.2) is 51.9 Å². The highest BCUT2D eigenvalue weighted by Gasteiger charge is 2.42. The topological polar surface area (TPSA) is 96.3 Å². The number of rotatable bonds is 6. The quantitative estimate of drug-likeness (QED) is 0.326. The summed E-state index contributed by atoms with van der Waals surface area (Å²) in [7, 11) is 0. The second kappa shape index (κ2) is 11.8. The summed E-state index contributed by atoms with van der Waals surface area (Å²) in [6, 6.07) is 14.4. The number of fused-ring (bicyclic) bond motifs is 1. The number of nitrogens with one attached hydrogen (secondary N) is 2. The Hall–Kier alpha value is -5.08. The van der Waals surface area contributed by atoms with E-state index < -0.39 is 35.8 Å². The normalized spacial score (nSPS) is 18.9. The van der Waals surface area contributed by atoms with Crippen molar-refractivity contribution in [2.24, 2.45) is 0 Å². The molecule has 2 amide bonds. The Labute approximate surface area is 241 Å². The highest BCUT2D eigenvalue weighted by atomic mass is 19.3. The molecule has 8 nitrogen and oxygen atoms in total. The van der Waals surface area contributed by atoms with Gasteiger partial charge in [-0.1, -0.05) is 42.5 Å². The Morgan fingerprint density at radius 3 is 2.55 bits per heavy atom. The standard InChI is InChI=1S/C32H29F2N5O3/c1-21(2)36-29(41)18-26-23-10-6-7-11-27(23)39(16-14-32(26,33)34)28-13-12-24(31(42)37-22-8-4-3-5-9-22)30(25(28)19-40)38-17-15-35-20-38/h3-13,15,17-18,20-21,28H,14,16H2,1-2H3,(H,36,41)(H,37,42). The average Bonchev–Trinajstić information content (AvgIpc) is 3.47. The summed E-state index contributed by atoms with van der Waals surface area (Å²) < 4.78 is 32.8. The zero-order chi connectivity index (χ0) is 29.9. The lowest BCUT2D eigenvalue weighted by atomic mass is 9.91. The van der Waals surface area contributed by atoms with Crippen LogP contribution in [0.3, 0.4) is 0 Å². The third-order valence-electron chi connectivity index (χ3n) is 7.01. The number of amides is 2. The summed E-state index contributed by atoms with van der Waals surface area (Å²) in [6.07, 6.45) is 8.13. The fourth-order valence-corrected chi connectivity index (χ4v) is 5.18. The number of carbonyl (C=O) groups is 2. The molecular weight excluding hydrogens is 540 g/mol.